The van der Waals surface area contributed by atoms with E-state index < -0.39 is 5.97 Å². The largest absolute Gasteiger partial charge is 0.495 e. The van der Waals surface area contributed by atoms with Crippen LogP contribution in [0.5, 0.6) is 5.75 Å². The van der Waals surface area contributed by atoms with Crippen LogP contribution in [0.4, 0.5) is 5.69 Å². The topological polar surface area (TPSA) is 58.6 Å². The van der Waals surface area contributed by atoms with Gasteiger partial charge in [0.1, 0.15) is 5.75 Å². The number of hydrogen-bond acceptors (Lipinski definition) is 3. The van der Waals surface area contributed by atoms with E-state index in [0.29, 0.717) is 17.3 Å². The van der Waals surface area contributed by atoms with Gasteiger partial charge < -0.3 is 15.2 Å². The van der Waals surface area contributed by atoms with Crippen LogP contribution in [0, 0.1) is 0 Å². The second-order valence-corrected chi connectivity index (χ2v) is 4.62. The van der Waals surface area contributed by atoms with Crippen molar-refractivity contribution < 1.29 is 14.6 Å². The van der Waals surface area contributed by atoms with E-state index in [2.05, 4.69) is 5.32 Å². The van der Waals surface area contributed by atoms with Crippen molar-refractivity contribution >= 4 is 23.3 Å². The minimum atomic E-state index is -0.931. The SMILES string of the molecule is COc1cc(NCc2cccc(C(=O)O)c2)ccc1Cl. The van der Waals surface area contributed by atoms with Crippen molar-refractivity contribution in [3.8, 4) is 5.75 Å². The predicted octanol–water partition coefficient (Wildman–Crippen LogP) is 3.66. The van der Waals surface area contributed by atoms with Crippen molar-refractivity contribution in [3.05, 3.63) is 58.6 Å². The summed E-state index contributed by atoms with van der Waals surface area (Å²) in [5, 5.41) is 12.7. The Morgan fingerprint density at radius 2 is 2.10 bits per heavy atom. The van der Waals surface area contributed by atoms with E-state index in [1.165, 1.54) is 0 Å². The number of rotatable bonds is 5. The molecule has 0 heterocycles. The summed E-state index contributed by atoms with van der Waals surface area (Å²) in [4.78, 5) is 10.9. The van der Waals surface area contributed by atoms with Crippen LogP contribution in [0.3, 0.4) is 0 Å². The lowest BCUT2D eigenvalue weighted by Crippen LogP contribution is -2.02. The zero-order valence-corrected chi connectivity index (χ0v) is 11.6. The van der Waals surface area contributed by atoms with Gasteiger partial charge in [-0.3, -0.25) is 0 Å². The summed E-state index contributed by atoms with van der Waals surface area (Å²) in [6, 6.07) is 12.2. The number of carbonyl (C=O) groups is 1. The van der Waals surface area contributed by atoms with E-state index in [1.807, 2.05) is 12.1 Å². The second-order valence-electron chi connectivity index (χ2n) is 4.21. The molecule has 0 saturated heterocycles. The molecule has 0 unspecified atom stereocenters. The highest BCUT2D eigenvalue weighted by Gasteiger charge is 2.04. The molecule has 0 atom stereocenters. The van der Waals surface area contributed by atoms with E-state index in [4.69, 9.17) is 21.4 Å². The van der Waals surface area contributed by atoms with Gasteiger partial charge in [-0.15, -0.1) is 0 Å². The van der Waals surface area contributed by atoms with E-state index in [0.717, 1.165) is 11.3 Å². The van der Waals surface area contributed by atoms with Gasteiger partial charge in [-0.25, -0.2) is 4.79 Å². The molecular formula is C15H14ClNO3. The van der Waals surface area contributed by atoms with Gasteiger partial charge in [-0.2, -0.15) is 0 Å². The molecule has 0 radical (unpaired) electrons. The molecular weight excluding hydrogens is 278 g/mol. The maximum Gasteiger partial charge on any atom is 0.335 e. The Labute approximate surface area is 122 Å². The third-order valence-electron chi connectivity index (χ3n) is 2.82. The molecule has 0 spiro atoms. The fourth-order valence-electron chi connectivity index (χ4n) is 1.79. The zero-order chi connectivity index (χ0) is 14.5. The first-order valence-corrected chi connectivity index (χ1v) is 6.37. The van der Waals surface area contributed by atoms with E-state index >= 15 is 0 Å². The molecule has 20 heavy (non-hydrogen) atoms. The first-order chi connectivity index (χ1) is 9.60. The molecule has 2 rings (SSSR count). The molecule has 2 aromatic carbocycles. The number of carboxylic acid groups (broad SMARTS) is 1. The molecule has 4 nitrogen and oxygen atoms in total. The van der Waals surface area contributed by atoms with Crippen LogP contribution in [-0.2, 0) is 6.54 Å². The lowest BCUT2D eigenvalue weighted by atomic mass is 10.1. The minimum absolute atomic E-state index is 0.276. The van der Waals surface area contributed by atoms with Crippen molar-refractivity contribution in [3.63, 3.8) is 0 Å². The molecule has 0 aliphatic carbocycles. The Morgan fingerprint density at radius 3 is 2.80 bits per heavy atom. The van der Waals surface area contributed by atoms with Gasteiger partial charge >= 0.3 is 5.97 Å². The van der Waals surface area contributed by atoms with Crippen LogP contribution in [0.15, 0.2) is 42.5 Å². The van der Waals surface area contributed by atoms with Crippen LogP contribution in [0.1, 0.15) is 15.9 Å². The average molecular weight is 292 g/mol. The van der Waals surface area contributed by atoms with Gasteiger partial charge in [0.05, 0.1) is 17.7 Å². The highest BCUT2D eigenvalue weighted by molar-refractivity contribution is 6.32. The Hall–Kier alpha value is -2.20. The number of ether oxygens (including phenoxy) is 1. The molecule has 0 aromatic heterocycles. The van der Waals surface area contributed by atoms with Crippen molar-refractivity contribution in [2.45, 2.75) is 6.54 Å². The molecule has 0 fully saturated rings. The summed E-state index contributed by atoms with van der Waals surface area (Å²) in [5.41, 5.74) is 2.02. The summed E-state index contributed by atoms with van der Waals surface area (Å²) < 4.78 is 5.14. The zero-order valence-electron chi connectivity index (χ0n) is 10.9. The Bertz CT molecular complexity index is 628. The molecule has 0 bridgehead atoms. The third-order valence-corrected chi connectivity index (χ3v) is 3.13. The molecule has 2 N–H and O–H groups in total. The highest BCUT2D eigenvalue weighted by atomic mass is 35.5. The lowest BCUT2D eigenvalue weighted by molar-refractivity contribution is 0.0697. The fourth-order valence-corrected chi connectivity index (χ4v) is 1.98. The minimum Gasteiger partial charge on any atom is -0.495 e. The molecule has 5 heteroatoms. The quantitative estimate of drug-likeness (QED) is 0.882. The van der Waals surface area contributed by atoms with E-state index in [9.17, 15) is 4.79 Å². The molecule has 104 valence electrons. The number of methoxy groups -OCH3 is 1. The summed E-state index contributed by atoms with van der Waals surface area (Å²) in [7, 11) is 1.56. The number of carboxylic acids is 1. The molecule has 0 amide bonds. The summed E-state index contributed by atoms with van der Waals surface area (Å²) >= 11 is 5.95. The van der Waals surface area contributed by atoms with Gasteiger partial charge in [0, 0.05) is 18.3 Å². The molecule has 0 aliphatic rings. The van der Waals surface area contributed by atoms with Gasteiger partial charge in [0.15, 0.2) is 0 Å². The van der Waals surface area contributed by atoms with Crippen LogP contribution in [0.2, 0.25) is 5.02 Å². The van der Waals surface area contributed by atoms with Gasteiger partial charge in [0.2, 0.25) is 0 Å². The maximum absolute atomic E-state index is 10.9. The standard InChI is InChI=1S/C15H14ClNO3/c1-20-14-8-12(5-6-13(14)16)17-9-10-3-2-4-11(7-10)15(18)19/h2-8,17H,9H2,1H3,(H,18,19). The Morgan fingerprint density at radius 1 is 1.30 bits per heavy atom. The summed E-state index contributed by atoms with van der Waals surface area (Å²) in [6.07, 6.45) is 0. The number of benzene rings is 2. The predicted molar refractivity (Wildman–Crippen MR) is 78.7 cm³/mol. The average Bonchev–Trinajstić information content (AvgIpc) is 2.46. The normalized spacial score (nSPS) is 10.1. The number of anilines is 1. The molecule has 2 aromatic rings. The lowest BCUT2D eigenvalue weighted by Gasteiger charge is -2.09. The third kappa shape index (κ3) is 3.42. The summed E-state index contributed by atoms with van der Waals surface area (Å²) in [5.74, 6) is -0.337. The molecule has 0 saturated carbocycles. The first kappa shape index (κ1) is 14.2. The van der Waals surface area contributed by atoms with E-state index in [-0.39, 0.29) is 5.56 Å². The maximum atomic E-state index is 10.9. The van der Waals surface area contributed by atoms with Crippen molar-refractivity contribution in [1.29, 1.82) is 0 Å². The Balaban J connectivity index is 2.08. The summed E-state index contributed by atoms with van der Waals surface area (Å²) in [6.45, 7) is 0.520. The smallest absolute Gasteiger partial charge is 0.335 e. The highest BCUT2D eigenvalue weighted by Crippen LogP contribution is 2.27. The monoisotopic (exact) mass is 291 g/mol. The van der Waals surface area contributed by atoms with Crippen molar-refractivity contribution in [2.24, 2.45) is 0 Å². The second kappa shape index (κ2) is 6.30. The van der Waals surface area contributed by atoms with E-state index in [1.54, 1.807) is 37.4 Å². The first-order valence-electron chi connectivity index (χ1n) is 6.00. The van der Waals surface area contributed by atoms with Crippen molar-refractivity contribution in [1.82, 2.24) is 0 Å². The number of nitrogens with one attached hydrogen (secondary N) is 1. The van der Waals surface area contributed by atoms with Gasteiger partial charge in [-0.1, -0.05) is 23.7 Å². The van der Waals surface area contributed by atoms with Gasteiger partial charge in [-0.05, 0) is 29.8 Å². The van der Waals surface area contributed by atoms with Crippen LogP contribution >= 0.6 is 11.6 Å². The molecule has 0 aliphatic heterocycles. The number of hydrogen-bond donors (Lipinski definition) is 2. The van der Waals surface area contributed by atoms with Gasteiger partial charge in [0.25, 0.3) is 0 Å². The van der Waals surface area contributed by atoms with Crippen molar-refractivity contribution in [2.75, 3.05) is 12.4 Å². The van der Waals surface area contributed by atoms with Crippen LogP contribution in [0.25, 0.3) is 0 Å². The van der Waals surface area contributed by atoms with Crippen LogP contribution < -0.4 is 10.1 Å². The fraction of sp³-hybridized carbons (Fsp3) is 0.133. The number of aromatic carboxylic acids is 1. The van der Waals surface area contributed by atoms with Crippen LogP contribution in [-0.4, -0.2) is 18.2 Å². The number of halogens is 1. The Kier molecular flexibility index (Phi) is 4.48.